The standard InChI is InChI=1S/C19H15ClFN5/c1-26-6-5-11-12(7-22)18(25)19(9-23,10-24)17(13(11)8-26)16-14(20)3-2-4-15(16)21/h2-5,13,17H,6,8,25H2,1H3/t13-,17+/m1/s1. The molecule has 1 heterocycles. The molecule has 2 atom stereocenters. The minimum absolute atomic E-state index is 0.0865. The van der Waals surface area contributed by atoms with Gasteiger partial charge >= 0.3 is 0 Å². The van der Waals surface area contributed by atoms with E-state index >= 15 is 0 Å². The molecular weight excluding hydrogens is 353 g/mol. The first-order valence-corrected chi connectivity index (χ1v) is 8.34. The first kappa shape index (κ1) is 18.0. The summed E-state index contributed by atoms with van der Waals surface area (Å²) in [5.41, 5.74) is 5.00. The zero-order valence-electron chi connectivity index (χ0n) is 14.0. The van der Waals surface area contributed by atoms with E-state index in [2.05, 4.69) is 0 Å². The maximum atomic E-state index is 14.8. The highest BCUT2D eigenvalue weighted by Gasteiger charge is 2.55. The van der Waals surface area contributed by atoms with Crippen LogP contribution in [0.25, 0.3) is 0 Å². The van der Waals surface area contributed by atoms with E-state index in [-0.39, 0.29) is 21.9 Å². The maximum absolute atomic E-state index is 14.8. The number of nitrogens with zero attached hydrogens (tertiary/aromatic N) is 4. The van der Waals surface area contributed by atoms with E-state index in [1.165, 1.54) is 18.2 Å². The molecule has 1 aliphatic carbocycles. The van der Waals surface area contributed by atoms with Crippen molar-refractivity contribution in [1.29, 1.82) is 15.8 Å². The molecular formula is C19H15ClFN5. The van der Waals surface area contributed by atoms with Crippen molar-refractivity contribution < 1.29 is 4.39 Å². The Balaban J connectivity index is 2.41. The Morgan fingerprint density at radius 1 is 1.31 bits per heavy atom. The molecule has 2 N–H and O–H groups in total. The number of nitrogens with two attached hydrogens (primary N) is 1. The fourth-order valence-electron chi connectivity index (χ4n) is 3.94. The zero-order chi connectivity index (χ0) is 19.1. The molecule has 0 spiro atoms. The molecule has 0 aromatic heterocycles. The molecule has 7 heteroatoms. The lowest BCUT2D eigenvalue weighted by molar-refractivity contribution is 0.234. The predicted molar refractivity (Wildman–Crippen MR) is 93.7 cm³/mol. The van der Waals surface area contributed by atoms with Crippen LogP contribution in [0, 0.1) is 51.1 Å². The number of fused-ring (bicyclic) bond motifs is 1. The zero-order valence-corrected chi connectivity index (χ0v) is 14.8. The van der Waals surface area contributed by atoms with Crippen LogP contribution in [0.4, 0.5) is 4.39 Å². The number of halogens is 2. The molecule has 2 aliphatic rings. The summed E-state index contributed by atoms with van der Waals surface area (Å²) in [5, 5.41) is 29.5. The molecule has 5 nitrogen and oxygen atoms in total. The van der Waals surface area contributed by atoms with E-state index in [0.717, 1.165) is 0 Å². The highest BCUT2D eigenvalue weighted by molar-refractivity contribution is 6.31. The van der Waals surface area contributed by atoms with Crippen molar-refractivity contribution in [2.24, 2.45) is 17.1 Å². The van der Waals surface area contributed by atoms with Crippen LogP contribution in [-0.4, -0.2) is 25.0 Å². The Hall–Kier alpha value is -2.85. The summed E-state index contributed by atoms with van der Waals surface area (Å²) in [6.45, 7) is 1.04. The van der Waals surface area contributed by atoms with Gasteiger partial charge in [0.25, 0.3) is 0 Å². The fraction of sp³-hybridized carbons (Fsp3) is 0.316. The lowest BCUT2D eigenvalue weighted by atomic mass is 9.58. The van der Waals surface area contributed by atoms with Gasteiger partial charge in [-0.25, -0.2) is 4.39 Å². The van der Waals surface area contributed by atoms with E-state index in [1.54, 1.807) is 0 Å². The van der Waals surface area contributed by atoms with Crippen LogP contribution in [0.2, 0.25) is 5.02 Å². The van der Waals surface area contributed by atoms with Gasteiger partial charge in [0.1, 0.15) is 11.9 Å². The van der Waals surface area contributed by atoms with Gasteiger partial charge in [-0.15, -0.1) is 0 Å². The average molecular weight is 368 g/mol. The van der Waals surface area contributed by atoms with Gasteiger partial charge in [-0.05, 0) is 24.8 Å². The van der Waals surface area contributed by atoms with Crippen molar-refractivity contribution in [2.75, 3.05) is 20.1 Å². The topological polar surface area (TPSA) is 101 Å². The average Bonchev–Trinajstić information content (AvgIpc) is 2.62. The Morgan fingerprint density at radius 2 is 2.00 bits per heavy atom. The molecule has 0 saturated heterocycles. The largest absolute Gasteiger partial charge is 0.399 e. The maximum Gasteiger partial charge on any atom is 0.191 e. The first-order valence-electron chi connectivity index (χ1n) is 7.97. The van der Waals surface area contributed by atoms with Gasteiger partial charge in [0.15, 0.2) is 5.41 Å². The number of benzene rings is 1. The normalized spacial score (nSPS) is 24.7. The van der Waals surface area contributed by atoms with E-state index in [9.17, 15) is 20.2 Å². The van der Waals surface area contributed by atoms with Crippen molar-refractivity contribution in [2.45, 2.75) is 5.92 Å². The number of likely N-dealkylation sites (N-methyl/N-ethyl adjacent to an activating group) is 1. The third-order valence-corrected chi connectivity index (χ3v) is 5.49. The lowest BCUT2D eigenvalue weighted by Crippen LogP contribution is -2.47. The summed E-state index contributed by atoms with van der Waals surface area (Å²) in [6.07, 6.45) is 1.85. The summed E-state index contributed by atoms with van der Waals surface area (Å²) in [4.78, 5) is 1.98. The van der Waals surface area contributed by atoms with Crippen LogP contribution in [0.3, 0.4) is 0 Å². The second-order valence-electron chi connectivity index (χ2n) is 6.53. The molecule has 1 aliphatic heterocycles. The molecule has 0 unspecified atom stereocenters. The van der Waals surface area contributed by atoms with Crippen molar-refractivity contribution in [3.63, 3.8) is 0 Å². The Labute approximate surface area is 156 Å². The molecule has 1 aromatic carbocycles. The number of hydrogen-bond acceptors (Lipinski definition) is 5. The SMILES string of the molecule is CN1CC=C2C(C#N)=C(N)C(C#N)(C#N)[C@H](c3c(F)cccc3Cl)[C@@H]2C1. The minimum atomic E-state index is -1.88. The van der Waals surface area contributed by atoms with Crippen LogP contribution < -0.4 is 5.73 Å². The second-order valence-corrected chi connectivity index (χ2v) is 6.94. The molecule has 3 rings (SSSR count). The van der Waals surface area contributed by atoms with Crippen LogP contribution in [0.1, 0.15) is 11.5 Å². The third kappa shape index (κ3) is 2.37. The number of allylic oxidation sites excluding steroid dienone is 2. The van der Waals surface area contributed by atoms with Gasteiger partial charge in [0, 0.05) is 35.5 Å². The third-order valence-electron chi connectivity index (χ3n) is 5.16. The van der Waals surface area contributed by atoms with Gasteiger partial charge in [-0.1, -0.05) is 23.7 Å². The molecule has 130 valence electrons. The highest BCUT2D eigenvalue weighted by Crippen LogP contribution is 2.55. The number of rotatable bonds is 1. The summed E-state index contributed by atoms with van der Waals surface area (Å²) in [5.74, 6) is -1.97. The number of hydrogen-bond donors (Lipinski definition) is 1. The number of nitriles is 3. The summed E-state index contributed by atoms with van der Waals surface area (Å²) in [6, 6.07) is 10.2. The smallest absolute Gasteiger partial charge is 0.191 e. The first-order chi connectivity index (χ1) is 12.4. The van der Waals surface area contributed by atoms with Crippen molar-refractivity contribution >= 4 is 11.6 Å². The van der Waals surface area contributed by atoms with E-state index < -0.39 is 23.1 Å². The van der Waals surface area contributed by atoms with Crippen molar-refractivity contribution in [3.05, 3.63) is 57.5 Å². The molecule has 0 fully saturated rings. The van der Waals surface area contributed by atoms with Gasteiger partial charge in [-0.2, -0.15) is 15.8 Å². The van der Waals surface area contributed by atoms with Crippen LogP contribution in [-0.2, 0) is 0 Å². The molecule has 26 heavy (non-hydrogen) atoms. The van der Waals surface area contributed by atoms with Crippen LogP contribution >= 0.6 is 11.6 Å². The fourth-order valence-corrected chi connectivity index (χ4v) is 4.22. The van der Waals surface area contributed by atoms with Gasteiger partial charge in [-0.3, -0.25) is 0 Å². The Kier molecular flexibility index (Phi) is 4.46. The molecule has 0 amide bonds. The summed E-state index contributed by atoms with van der Waals surface area (Å²) >= 11 is 6.28. The van der Waals surface area contributed by atoms with Crippen LogP contribution in [0.5, 0.6) is 0 Å². The Bertz CT molecular complexity index is 925. The van der Waals surface area contributed by atoms with Crippen molar-refractivity contribution in [3.8, 4) is 18.2 Å². The molecule has 1 aromatic rings. The lowest BCUT2D eigenvalue weighted by Gasteiger charge is -2.45. The molecule has 0 saturated carbocycles. The monoisotopic (exact) mass is 367 g/mol. The van der Waals surface area contributed by atoms with E-state index in [0.29, 0.717) is 18.7 Å². The quantitative estimate of drug-likeness (QED) is 0.822. The Morgan fingerprint density at radius 3 is 2.58 bits per heavy atom. The van der Waals surface area contributed by atoms with Crippen molar-refractivity contribution in [1.82, 2.24) is 4.90 Å². The van der Waals surface area contributed by atoms with Gasteiger partial charge in [0.2, 0.25) is 0 Å². The summed E-state index contributed by atoms with van der Waals surface area (Å²) in [7, 11) is 1.88. The summed E-state index contributed by atoms with van der Waals surface area (Å²) < 4.78 is 14.8. The second kappa shape index (κ2) is 6.46. The van der Waals surface area contributed by atoms with Gasteiger partial charge in [0.05, 0.1) is 23.4 Å². The predicted octanol–water partition coefficient (Wildman–Crippen LogP) is 2.83. The molecule has 0 bridgehead atoms. The minimum Gasteiger partial charge on any atom is -0.399 e. The van der Waals surface area contributed by atoms with Crippen LogP contribution in [0.15, 0.2) is 41.1 Å². The highest BCUT2D eigenvalue weighted by atomic mass is 35.5. The van der Waals surface area contributed by atoms with E-state index in [4.69, 9.17) is 17.3 Å². The van der Waals surface area contributed by atoms with Gasteiger partial charge < -0.3 is 10.6 Å². The van der Waals surface area contributed by atoms with E-state index in [1.807, 2.05) is 36.2 Å². The molecule has 0 radical (unpaired) electrons.